The topological polar surface area (TPSA) is 111 Å². The van der Waals surface area contributed by atoms with Gasteiger partial charge in [-0.3, -0.25) is 14.4 Å². The van der Waals surface area contributed by atoms with Crippen LogP contribution in [0.4, 0.5) is 5.69 Å². The Labute approximate surface area is 169 Å². The molecule has 1 aliphatic rings. The summed E-state index contributed by atoms with van der Waals surface area (Å²) in [6.07, 6.45) is 4.13. The highest BCUT2D eigenvalue weighted by Crippen LogP contribution is 2.26. The van der Waals surface area contributed by atoms with Crippen molar-refractivity contribution in [1.29, 1.82) is 0 Å². The minimum atomic E-state index is -0.562. The van der Waals surface area contributed by atoms with Crippen LogP contribution in [0.3, 0.4) is 0 Å². The molecule has 1 fully saturated rings. The number of carbonyl (C=O) groups is 3. The SMILES string of the molecule is NC(=O)COc1ccc(C(=O)NCc2cccc(NC(=O)C3CCCC3)c2)cc1. The molecule has 0 bridgehead atoms. The summed E-state index contributed by atoms with van der Waals surface area (Å²) in [6, 6.07) is 13.9. The van der Waals surface area contributed by atoms with Gasteiger partial charge in [0.05, 0.1) is 0 Å². The monoisotopic (exact) mass is 395 g/mol. The van der Waals surface area contributed by atoms with Crippen LogP contribution >= 0.6 is 0 Å². The molecule has 4 N–H and O–H groups in total. The molecule has 7 nitrogen and oxygen atoms in total. The largest absolute Gasteiger partial charge is 0.484 e. The van der Waals surface area contributed by atoms with Gasteiger partial charge in [0.1, 0.15) is 5.75 Å². The van der Waals surface area contributed by atoms with Crippen molar-refractivity contribution in [1.82, 2.24) is 5.32 Å². The van der Waals surface area contributed by atoms with Crippen LogP contribution in [-0.4, -0.2) is 24.3 Å². The molecule has 0 aliphatic heterocycles. The quantitative estimate of drug-likeness (QED) is 0.638. The number of rotatable bonds is 8. The van der Waals surface area contributed by atoms with Crippen molar-refractivity contribution in [3.8, 4) is 5.75 Å². The summed E-state index contributed by atoms with van der Waals surface area (Å²) in [6.45, 7) is 0.130. The van der Waals surface area contributed by atoms with Crippen LogP contribution in [0.5, 0.6) is 5.75 Å². The van der Waals surface area contributed by atoms with Gasteiger partial charge in [0.2, 0.25) is 5.91 Å². The molecule has 0 atom stereocenters. The van der Waals surface area contributed by atoms with Gasteiger partial charge in [0, 0.05) is 23.7 Å². The molecule has 2 aromatic carbocycles. The molecule has 0 unspecified atom stereocenters. The van der Waals surface area contributed by atoms with Gasteiger partial charge in [-0.2, -0.15) is 0 Å². The predicted molar refractivity (Wildman–Crippen MR) is 109 cm³/mol. The number of nitrogens with one attached hydrogen (secondary N) is 2. The molecule has 2 aromatic rings. The number of ether oxygens (including phenoxy) is 1. The van der Waals surface area contributed by atoms with Crippen molar-refractivity contribution in [3.05, 3.63) is 59.7 Å². The third kappa shape index (κ3) is 6.07. The molecule has 1 aliphatic carbocycles. The Balaban J connectivity index is 1.52. The molecule has 0 aromatic heterocycles. The summed E-state index contributed by atoms with van der Waals surface area (Å²) in [5.74, 6) is -0.151. The fraction of sp³-hybridized carbons (Fsp3) is 0.318. The van der Waals surface area contributed by atoms with Crippen molar-refractivity contribution in [3.63, 3.8) is 0 Å². The molecular formula is C22H25N3O4. The number of hydrogen-bond donors (Lipinski definition) is 3. The molecule has 0 spiro atoms. The van der Waals surface area contributed by atoms with Crippen LogP contribution < -0.4 is 21.1 Å². The molecule has 0 saturated heterocycles. The Morgan fingerprint density at radius 1 is 1.03 bits per heavy atom. The van der Waals surface area contributed by atoms with Crippen molar-refractivity contribution in [2.45, 2.75) is 32.2 Å². The summed E-state index contributed by atoms with van der Waals surface area (Å²) in [5, 5.41) is 5.83. The lowest BCUT2D eigenvalue weighted by atomic mass is 10.1. The molecule has 152 valence electrons. The fourth-order valence-electron chi connectivity index (χ4n) is 3.33. The van der Waals surface area contributed by atoms with Gasteiger partial charge in [-0.05, 0) is 54.8 Å². The van der Waals surface area contributed by atoms with E-state index in [1.165, 1.54) is 0 Å². The Morgan fingerprint density at radius 2 is 1.76 bits per heavy atom. The summed E-state index contributed by atoms with van der Waals surface area (Å²) in [5.41, 5.74) is 7.14. The maximum Gasteiger partial charge on any atom is 0.255 e. The second-order valence-electron chi connectivity index (χ2n) is 7.13. The van der Waals surface area contributed by atoms with Crippen LogP contribution in [-0.2, 0) is 16.1 Å². The summed E-state index contributed by atoms with van der Waals surface area (Å²) in [7, 11) is 0. The van der Waals surface area contributed by atoms with E-state index in [2.05, 4.69) is 10.6 Å². The molecule has 3 amide bonds. The molecule has 7 heteroatoms. The first-order valence-electron chi connectivity index (χ1n) is 9.70. The molecule has 1 saturated carbocycles. The van der Waals surface area contributed by atoms with E-state index >= 15 is 0 Å². The molecule has 0 radical (unpaired) electrons. The highest BCUT2D eigenvalue weighted by molar-refractivity contribution is 5.94. The van der Waals surface area contributed by atoms with E-state index < -0.39 is 5.91 Å². The smallest absolute Gasteiger partial charge is 0.255 e. The zero-order chi connectivity index (χ0) is 20.6. The zero-order valence-electron chi connectivity index (χ0n) is 16.1. The van der Waals surface area contributed by atoms with Crippen molar-refractivity contribution in [2.75, 3.05) is 11.9 Å². The maximum atomic E-state index is 12.3. The summed E-state index contributed by atoms with van der Waals surface area (Å²) < 4.78 is 5.17. The normalized spacial score (nSPS) is 13.7. The maximum absolute atomic E-state index is 12.3. The van der Waals surface area contributed by atoms with E-state index in [0.29, 0.717) is 17.9 Å². The number of hydrogen-bond acceptors (Lipinski definition) is 4. The van der Waals surface area contributed by atoms with E-state index in [9.17, 15) is 14.4 Å². The van der Waals surface area contributed by atoms with Gasteiger partial charge in [-0.15, -0.1) is 0 Å². The van der Waals surface area contributed by atoms with Crippen molar-refractivity contribution >= 4 is 23.4 Å². The van der Waals surface area contributed by atoms with Crippen molar-refractivity contribution in [2.24, 2.45) is 11.7 Å². The van der Waals surface area contributed by atoms with Gasteiger partial charge in [0.25, 0.3) is 11.8 Å². The molecule has 29 heavy (non-hydrogen) atoms. The Hall–Kier alpha value is -3.35. The van der Waals surface area contributed by atoms with Gasteiger partial charge in [0.15, 0.2) is 6.61 Å². The number of amides is 3. The highest BCUT2D eigenvalue weighted by atomic mass is 16.5. The highest BCUT2D eigenvalue weighted by Gasteiger charge is 2.22. The minimum absolute atomic E-state index is 0.0716. The van der Waals surface area contributed by atoms with Gasteiger partial charge >= 0.3 is 0 Å². The van der Waals surface area contributed by atoms with E-state index in [0.717, 1.165) is 36.9 Å². The molecule has 3 rings (SSSR count). The first kappa shape index (κ1) is 20.4. The second kappa shape index (κ2) is 9.73. The minimum Gasteiger partial charge on any atom is -0.484 e. The van der Waals surface area contributed by atoms with Gasteiger partial charge in [-0.25, -0.2) is 0 Å². The summed E-state index contributed by atoms with van der Waals surface area (Å²) >= 11 is 0. The fourth-order valence-corrected chi connectivity index (χ4v) is 3.33. The lowest BCUT2D eigenvalue weighted by Crippen LogP contribution is -2.23. The van der Waals surface area contributed by atoms with Crippen LogP contribution in [0.15, 0.2) is 48.5 Å². The lowest BCUT2D eigenvalue weighted by Gasteiger charge is -2.12. The molecular weight excluding hydrogens is 370 g/mol. The van der Waals surface area contributed by atoms with E-state index in [1.54, 1.807) is 24.3 Å². The summed E-state index contributed by atoms with van der Waals surface area (Å²) in [4.78, 5) is 35.3. The van der Waals surface area contributed by atoms with Gasteiger partial charge < -0.3 is 21.1 Å². The third-order valence-corrected chi connectivity index (χ3v) is 4.87. The van der Waals surface area contributed by atoms with Crippen LogP contribution in [0, 0.1) is 5.92 Å². The molecule has 0 heterocycles. The number of primary amides is 1. The average molecular weight is 395 g/mol. The van der Waals surface area contributed by atoms with Crippen LogP contribution in [0.1, 0.15) is 41.6 Å². The van der Waals surface area contributed by atoms with E-state index in [4.69, 9.17) is 10.5 Å². The first-order valence-corrected chi connectivity index (χ1v) is 9.70. The van der Waals surface area contributed by atoms with Gasteiger partial charge in [-0.1, -0.05) is 25.0 Å². The number of carbonyl (C=O) groups excluding carboxylic acids is 3. The predicted octanol–water partition coefficient (Wildman–Crippen LogP) is 2.61. The second-order valence-corrected chi connectivity index (χ2v) is 7.13. The number of anilines is 1. The number of benzene rings is 2. The van der Waals surface area contributed by atoms with Crippen LogP contribution in [0.25, 0.3) is 0 Å². The van der Waals surface area contributed by atoms with Crippen molar-refractivity contribution < 1.29 is 19.1 Å². The van der Waals surface area contributed by atoms with E-state index in [-0.39, 0.29) is 24.3 Å². The lowest BCUT2D eigenvalue weighted by molar-refractivity contribution is -0.120. The van der Waals surface area contributed by atoms with E-state index in [1.807, 2.05) is 24.3 Å². The standard InChI is InChI=1S/C22H25N3O4/c23-20(26)14-29-19-10-8-17(9-11-19)21(27)24-13-15-4-3-7-18(12-15)25-22(28)16-5-1-2-6-16/h3-4,7-12,16H,1-2,5-6,13-14H2,(H2,23,26)(H,24,27)(H,25,28). The number of nitrogens with two attached hydrogens (primary N) is 1. The Bertz CT molecular complexity index is 874. The zero-order valence-corrected chi connectivity index (χ0v) is 16.1. The average Bonchev–Trinajstić information content (AvgIpc) is 3.26. The Kier molecular flexibility index (Phi) is 6.84. The third-order valence-electron chi connectivity index (χ3n) is 4.87. The van der Waals surface area contributed by atoms with Crippen LogP contribution in [0.2, 0.25) is 0 Å². The Morgan fingerprint density at radius 3 is 2.45 bits per heavy atom. The first-order chi connectivity index (χ1) is 14.0.